The van der Waals surface area contributed by atoms with Gasteiger partial charge in [-0.05, 0) is 49.6 Å². The third kappa shape index (κ3) is 3.50. The molecule has 0 saturated heterocycles. The van der Waals surface area contributed by atoms with E-state index in [9.17, 15) is 4.39 Å². The van der Waals surface area contributed by atoms with Crippen LogP contribution in [0, 0.1) is 12.7 Å². The van der Waals surface area contributed by atoms with Crippen molar-refractivity contribution >= 4 is 5.69 Å². The summed E-state index contributed by atoms with van der Waals surface area (Å²) in [6, 6.07) is 13.4. The summed E-state index contributed by atoms with van der Waals surface area (Å²) in [4.78, 5) is 0. The van der Waals surface area contributed by atoms with Gasteiger partial charge in [0.05, 0.1) is 7.11 Å². The molecule has 3 heteroatoms. The van der Waals surface area contributed by atoms with E-state index in [-0.39, 0.29) is 11.9 Å². The number of hydrogen-bond acceptors (Lipinski definition) is 2. The number of para-hydroxylation sites is 1. The van der Waals surface area contributed by atoms with Crippen molar-refractivity contribution in [2.75, 3.05) is 12.4 Å². The molecule has 0 spiro atoms. The van der Waals surface area contributed by atoms with Gasteiger partial charge in [0.15, 0.2) is 0 Å². The molecule has 0 radical (unpaired) electrons. The predicted molar refractivity (Wildman–Crippen MR) is 80.9 cm³/mol. The first-order valence-electron chi connectivity index (χ1n) is 6.74. The Labute approximate surface area is 119 Å². The molecule has 0 heterocycles. The van der Waals surface area contributed by atoms with Crippen LogP contribution in [0.5, 0.6) is 5.75 Å². The summed E-state index contributed by atoms with van der Waals surface area (Å²) >= 11 is 0. The maximum Gasteiger partial charge on any atom is 0.128 e. The first-order valence-corrected chi connectivity index (χ1v) is 6.74. The average molecular weight is 273 g/mol. The zero-order chi connectivity index (χ0) is 14.5. The van der Waals surface area contributed by atoms with Crippen LogP contribution in [0.2, 0.25) is 0 Å². The molecule has 0 bridgehead atoms. The third-order valence-electron chi connectivity index (χ3n) is 3.30. The molecular formula is C17H20FNO. The van der Waals surface area contributed by atoms with Gasteiger partial charge in [0.1, 0.15) is 11.6 Å². The molecule has 1 N–H and O–H groups in total. The molecule has 0 aliphatic rings. The highest BCUT2D eigenvalue weighted by atomic mass is 19.1. The van der Waals surface area contributed by atoms with Crippen LogP contribution in [0.1, 0.15) is 18.1 Å². The molecular weight excluding hydrogens is 253 g/mol. The molecule has 1 unspecified atom stereocenters. The van der Waals surface area contributed by atoms with Gasteiger partial charge in [0, 0.05) is 11.7 Å². The van der Waals surface area contributed by atoms with Crippen molar-refractivity contribution in [1.82, 2.24) is 0 Å². The molecule has 2 nitrogen and oxygen atoms in total. The lowest BCUT2D eigenvalue weighted by atomic mass is 10.1. The highest BCUT2D eigenvalue weighted by Crippen LogP contribution is 2.21. The van der Waals surface area contributed by atoms with Gasteiger partial charge < -0.3 is 10.1 Å². The maximum absolute atomic E-state index is 13.5. The second-order valence-corrected chi connectivity index (χ2v) is 5.03. The van der Waals surface area contributed by atoms with Crippen LogP contribution < -0.4 is 10.1 Å². The fraction of sp³-hybridized carbons (Fsp3) is 0.294. The van der Waals surface area contributed by atoms with Gasteiger partial charge in [-0.1, -0.05) is 24.3 Å². The van der Waals surface area contributed by atoms with E-state index in [1.807, 2.05) is 30.3 Å². The molecule has 0 saturated carbocycles. The first-order chi connectivity index (χ1) is 9.60. The summed E-state index contributed by atoms with van der Waals surface area (Å²) in [5, 5.41) is 3.31. The van der Waals surface area contributed by atoms with Gasteiger partial charge in [-0.25, -0.2) is 4.39 Å². The Bertz CT molecular complexity index is 583. The van der Waals surface area contributed by atoms with E-state index in [1.165, 1.54) is 6.07 Å². The predicted octanol–water partition coefficient (Wildman–Crippen LogP) is 4.19. The van der Waals surface area contributed by atoms with Crippen molar-refractivity contribution in [2.24, 2.45) is 0 Å². The lowest BCUT2D eigenvalue weighted by Gasteiger charge is -2.17. The van der Waals surface area contributed by atoms with Crippen LogP contribution in [0.25, 0.3) is 0 Å². The van der Waals surface area contributed by atoms with Crippen LogP contribution in [0.3, 0.4) is 0 Å². The largest absolute Gasteiger partial charge is 0.496 e. The SMILES string of the molecule is COc1ccccc1CC(C)Nc1ccc(C)c(F)c1. The van der Waals surface area contributed by atoms with Crippen LogP contribution in [0.15, 0.2) is 42.5 Å². The Kier molecular flexibility index (Phi) is 4.61. The Morgan fingerprint density at radius 1 is 1.20 bits per heavy atom. The summed E-state index contributed by atoms with van der Waals surface area (Å²) in [5.74, 6) is 0.704. The molecule has 0 amide bonds. The second-order valence-electron chi connectivity index (χ2n) is 5.03. The summed E-state index contributed by atoms with van der Waals surface area (Å²) in [6.07, 6.45) is 0.819. The molecule has 1 atom stereocenters. The van der Waals surface area contributed by atoms with Gasteiger partial charge in [-0.3, -0.25) is 0 Å². The van der Waals surface area contributed by atoms with Gasteiger partial charge in [0.2, 0.25) is 0 Å². The number of anilines is 1. The number of ether oxygens (including phenoxy) is 1. The minimum absolute atomic E-state index is 0.181. The number of benzene rings is 2. The molecule has 2 aromatic carbocycles. The standard InChI is InChI=1S/C17H20FNO/c1-12-8-9-15(11-16(12)18)19-13(2)10-14-6-4-5-7-17(14)20-3/h4-9,11,13,19H,10H2,1-3H3. The monoisotopic (exact) mass is 273 g/mol. The molecule has 20 heavy (non-hydrogen) atoms. The molecule has 0 aliphatic heterocycles. The quantitative estimate of drug-likeness (QED) is 0.882. The zero-order valence-corrected chi connectivity index (χ0v) is 12.1. The smallest absolute Gasteiger partial charge is 0.128 e. The molecule has 2 aromatic rings. The summed E-state index contributed by atoms with van der Waals surface area (Å²) in [6.45, 7) is 3.83. The average Bonchev–Trinajstić information content (AvgIpc) is 2.43. The number of nitrogens with one attached hydrogen (secondary N) is 1. The lowest BCUT2D eigenvalue weighted by molar-refractivity contribution is 0.409. The third-order valence-corrected chi connectivity index (χ3v) is 3.30. The molecule has 0 aromatic heterocycles. The summed E-state index contributed by atoms with van der Waals surface area (Å²) in [7, 11) is 1.67. The van der Waals surface area contributed by atoms with Crippen LogP contribution in [-0.4, -0.2) is 13.2 Å². The van der Waals surface area contributed by atoms with Crippen LogP contribution in [-0.2, 0) is 6.42 Å². The Morgan fingerprint density at radius 3 is 2.65 bits per heavy atom. The minimum atomic E-state index is -0.181. The number of rotatable bonds is 5. The van der Waals surface area contributed by atoms with Gasteiger partial charge in [0.25, 0.3) is 0 Å². The van der Waals surface area contributed by atoms with E-state index < -0.39 is 0 Å². The van der Waals surface area contributed by atoms with E-state index in [2.05, 4.69) is 12.2 Å². The van der Waals surface area contributed by atoms with Crippen molar-refractivity contribution in [2.45, 2.75) is 26.3 Å². The Morgan fingerprint density at radius 2 is 1.95 bits per heavy atom. The highest BCUT2D eigenvalue weighted by Gasteiger charge is 2.08. The fourth-order valence-corrected chi connectivity index (χ4v) is 2.22. The topological polar surface area (TPSA) is 21.3 Å². The van der Waals surface area contributed by atoms with Crippen molar-refractivity contribution in [3.8, 4) is 5.75 Å². The van der Waals surface area contributed by atoms with E-state index in [1.54, 1.807) is 20.1 Å². The van der Waals surface area contributed by atoms with Crippen molar-refractivity contribution in [1.29, 1.82) is 0 Å². The van der Waals surface area contributed by atoms with E-state index in [0.29, 0.717) is 5.56 Å². The normalized spacial score (nSPS) is 12.0. The van der Waals surface area contributed by atoms with Gasteiger partial charge >= 0.3 is 0 Å². The van der Waals surface area contributed by atoms with Crippen molar-refractivity contribution < 1.29 is 9.13 Å². The van der Waals surface area contributed by atoms with Gasteiger partial charge in [-0.2, -0.15) is 0 Å². The Hall–Kier alpha value is -2.03. The molecule has 2 rings (SSSR count). The number of aryl methyl sites for hydroxylation is 1. The number of halogens is 1. The van der Waals surface area contributed by atoms with E-state index >= 15 is 0 Å². The van der Waals surface area contributed by atoms with Crippen LogP contribution >= 0.6 is 0 Å². The fourth-order valence-electron chi connectivity index (χ4n) is 2.22. The highest BCUT2D eigenvalue weighted by molar-refractivity contribution is 5.46. The maximum atomic E-state index is 13.5. The van der Waals surface area contributed by atoms with Crippen LogP contribution in [0.4, 0.5) is 10.1 Å². The number of hydrogen-bond donors (Lipinski definition) is 1. The minimum Gasteiger partial charge on any atom is -0.496 e. The lowest BCUT2D eigenvalue weighted by Crippen LogP contribution is -2.18. The summed E-state index contributed by atoms with van der Waals surface area (Å²) < 4.78 is 18.9. The number of methoxy groups -OCH3 is 1. The molecule has 106 valence electrons. The molecule has 0 aliphatic carbocycles. The first kappa shape index (κ1) is 14.4. The van der Waals surface area contributed by atoms with E-state index in [0.717, 1.165) is 23.4 Å². The second kappa shape index (κ2) is 6.42. The van der Waals surface area contributed by atoms with Gasteiger partial charge in [-0.15, -0.1) is 0 Å². The zero-order valence-electron chi connectivity index (χ0n) is 12.1. The van der Waals surface area contributed by atoms with Crippen molar-refractivity contribution in [3.63, 3.8) is 0 Å². The molecule has 0 fully saturated rings. The van der Waals surface area contributed by atoms with Crippen molar-refractivity contribution in [3.05, 3.63) is 59.4 Å². The summed E-state index contributed by atoms with van der Waals surface area (Å²) in [5.41, 5.74) is 2.60. The Balaban J connectivity index is 2.05. The van der Waals surface area contributed by atoms with E-state index in [4.69, 9.17) is 4.74 Å².